The van der Waals surface area contributed by atoms with Crippen molar-refractivity contribution in [3.63, 3.8) is 0 Å². The third-order valence-electron chi connectivity index (χ3n) is 2.36. The fourth-order valence-electron chi connectivity index (χ4n) is 1.36. The molecule has 96 valence electrons. The Balaban J connectivity index is 2.90. The number of carbonyl (C=O) groups excluding carboxylic acids is 1. The van der Waals surface area contributed by atoms with Crippen LogP contribution in [0.2, 0.25) is 0 Å². The van der Waals surface area contributed by atoms with Gasteiger partial charge in [-0.2, -0.15) is 5.26 Å². The third kappa shape index (κ3) is 3.55. The number of rotatable bonds is 4. The van der Waals surface area contributed by atoms with Gasteiger partial charge < -0.3 is 10.4 Å². The van der Waals surface area contributed by atoms with Crippen LogP contribution in [-0.2, 0) is 4.79 Å². The Morgan fingerprint density at radius 3 is 2.74 bits per heavy atom. The van der Waals surface area contributed by atoms with Crippen LogP contribution in [0, 0.1) is 30.6 Å². The van der Waals surface area contributed by atoms with Gasteiger partial charge in [0.05, 0.1) is 11.3 Å². The lowest BCUT2D eigenvalue weighted by molar-refractivity contribution is -0.139. The van der Waals surface area contributed by atoms with Gasteiger partial charge >= 0.3 is 5.97 Å². The van der Waals surface area contributed by atoms with E-state index in [-0.39, 0.29) is 12.1 Å². The molecule has 1 amide bonds. The van der Waals surface area contributed by atoms with Gasteiger partial charge in [-0.15, -0.1) is 12.3 Å². The average molecular weight is 257 g/mol. The number of nitrogens with one attached hydrogen (secondary N) is 1. The van der Waals surface area contributed by atoms with E-state index < -0.39 is 17.9 Å². The number of carboxylic acid groups (broad SMARTS) is 1. The highest BCUT2D eigenvalue weighted by Gasteiger charge is 2.20. The standard InChI is InChI=1S/C13H11N3O3/c1-3-4-11(13(18)19)16-12(17)10-6-5-9(7-14)8(2)15-10/h1,5-6,11H,4H2,2H3,(H,16,17)(H,18,19). The molecule has 0 fully saturated rings. The maximum Gasteiger partial charge on any atom is 0.327 e. The monoisotopic (exact) mass is 257 g/mol. The van der Waals surface area contributed by atoms with Crippen molar-refractivity contribution < 1.29 is 14.7 Å². The van der Waals surface area contributed by atoms with Gasteiger partial charge in [-0.25, -0.2) is 9.78 Å². The molecule has 19 heavy (non-hydrogen) atoms. The highest BCUT2D eigenvalue weighted by Crippen LogP contribution is 2.06. The van der Waals surface area contributed by atoms with Gasteiger partial charge in [0, 0.05) is 6.42 Å². The number of nitrogens with zero attached hydrogens (tertiary/aromatic N) is 2. The van der Waals surface area contributed by atoms with Gasteiger partial charge in [0.15, 0.2) is 0 Å². The first-order valence-corrected chi connectivity index (χ1v) is 5.34. The summed E-state index contributed by atoms with van der Waals surface area (Å²) in [4.78, 5) is 26.6. The Morgan fingerprint density at radius 2 is 2.26 bits per heavy atom. The van der Waals surface area contributed by atoms with Crippen LogP contribution in [0.5, 0.6) is 0 Å². The number of hydrogen-bond donors (Lipinski definition) is 2. The van der Waals surface area contributed by atoms with Crippen LogP contribution in [0.3, 0.4) is 0 Å². The van der Waals surface area contributed by atoms with Crippen molar-refractivity contribution in [1.29, 1.82) is 5.26 Å². The summed E-state index contributed by atoms with van der Waals surface area (Å²) in [5, 5.41) is 19.9. The molecule has 1 aromatic rings. The van der Waals surface area contributed by atoms with Gasteiger partial charge in [-0.05, 0) is 19.1 Å². The van der Waals surface area contributed by atoms with Gasteiger partial charge in [0.2, 0.25) is 0 Å². The molecule has 0 aliphatic carbocycles. The summed E-state index contributed by atoms with van der Waals surface area (Å²) in [6.45, 7) is 1.59. The molecule has 0 saturated heterocycles. The minimum atomic E-state index is -1.21. The van der Waals surface area contributed by atoms with Crippen molar-refractivity contribution in [1.82, 2.24) is 10.3 Å². The molecule has 1 heterocycles. The molecule has 2 N–H and O–H groups in total. The molecule has 6 nitrogen and oxygen atoms in total. The average Bonchev–Trinajstić information content (AvgIpc) is 2.37. The predicted molar refractivity (Wildman–Crippen MR) is 66.0 cm³/mol. The minimum absolute atomic E-state index is 0.0415. The largest absolute Gasteiger partial charge is 0.480 e. The molecular weight excluding hydrogens is 246 g/mol. The van der Waals surface area contributed by atoms with Gasteiger partial charge in [0.25, 0.3) is 5.91 Å². The van der Waals surface area contributed by atoms with Crippen molar-refractivity contribution in [2.45, 2.75) is 19.4 Å². The van der Waals surface area contributed by atoms with Crippen molar-refractivity contribution in [2.24, 2.45) is 0 Å². The zero-order valence-corrected chi connectivity index (χ0v) is 10.2. The van der Waals surface area contributed by atoms with Crippen LogP contribution in [0.1, 0.15) is 28.2 Å². The fraction of sp³-hybridized carbons (Fsp3) is 0.231. The summed E-state index contributed by atoms with van der Waals surface area (Å²) in [5.41, 5.74) is 0.800. The molecule has 1 aromatic heterocycles. The van der Waals surface area contributed by atoms with E-state index in [1.54, 1.807) is 6.92 Å². The third-order valence-corrected chi connectivity index (χ3v) is 2.36. The minimum Gasteiger partial charge on any atom is -0.480 e. The van der Waals surface area contributed by atoms with Crippen molar-refractivity contribution >= 4 is 11.9 Å². The number of aliphatic carboxylic acids is 1. The molecule has 0 aliphatic heterocycles. The molecule has 0 radical (unpaired) electrons. The second-order valence-corrected chi connectivity index (χ2v) is 3.71. The molecule has 0 spiro atoms. The van der Waals surface area contributed by atoms with Crippen molar-refractivity contribution in [3.8, 4) is 18.4 Å². The maximum atomic E-state index is 11.8. The zero-order chi connectivity index (χ0) is 14.4. The normalized spacial score (nSPS) is 10.9. The van der Waals surface area contributed by atoms with Crippen molar-refractivity contribution in [3.05, 3.63) is 29.1 Å². The van der Waals surface area contributed by atoms with E-state index in [9.17, 15) is 9.59 Å². The molecule has 1 unspecified atom stereocenters. The number of terminal acetylenes is 1. The van der Waals surface area contributed by atoms with E-state index in [0.717, 1.165) is 0 Å². The lowest BCUT2D eigenvalue weighted by Crippen LogP contribution is -2.40. The molecule has 6 heteroatoms. The predicted octanol–water partition coefficient (Wildman–Crippen LogP) is 0.468. The van der Waals surface area contributed by atoms with E-state index >= 15 is 0 Å². The lowest BCUT2D eigenvalue weighted by atomic mass is 10.2. The van der Waals surface area contributed by atoms with E-state index in [2.05, 4.69) is 16.2 Å². The molecule has 0 saturated carbocycles. The van der Waals surface area contributed by atoms with Crippen LogP contribution in [0.4, 0.5) is 0 Å². The van der Waals surface area contributed by atoms with Crippen LogP contribution < -0.4 is 5.32 Å². The molecular formula is C13H11N3O3. The van der Waals surface area contributed by atoms with Gasteiger partial charge in [-0.1, -0.05) is 0 Å². The number of hydrogen-bond acceptors (Lipinski definition) is 4. The SMILES string of the molecule is C#CCC(NC(=O)c1ccc(C#N)c(C)n1)C(=O)O. The summed E-state index contributed by atoms with van der Waals surface area (Å²) in [7, 11) is 0. The lowest BCUT2D eigenvalue weighted by Gasteiger charge is -2.11. The Labute approximate surface area is 110 Å². The van der Waals surface area contributed by atoms with Gasteiger partial charge in [-0.3, -0.25) is 4.79 Å². The number of carboxylic acids is 1. The topological polar surface area (TPSA) is 103 Å². The van der Waals surface area contributed by atoms with E-state index in [0.29, 0.717) is 11.3 Å². The smallest absolute Gasteiger partial charge is 0.327 e. The van der Waals surface area contributed by atoms with Gasteiger partial charge in [0.1, 0.15) is 17.8 Å². The number of amides is 1. The maximum absolute atomic E-state index is 11.8. The van der Waals surface area contributed by atoms with E-state index in [1.165, 1.54) is 12.1 Å². The highest BCUT2D eigenvalue weighted by molar-refractivity contribution is 5.95. The molecule has 1 atom stereocenters. The highest BCUT2D eigenvalue weighted by atomic mass is 16.4. The Hall–Kier alpha value is -2.86. The summed E-state index contributed by atoms with van der Waals surface area (Å²) in [6, 6.07) is 3.58. The van der Waals surface area contributed by atoms with Crippen molar-refractivity contribution in [2.75, 3.05) is 0 Å². The Kier molecular flexibility index (Phi) is 4.62. The molecule has 0 aromatic carbocycles. The van der Waals surface area contributed by atoms with Crippen LogP contribution >= 0.6 is 0 Å². The number of aryl methyl sites for hydroxylation is 1. The summed E-state index contributed by atoms with van der Waals surface area (Å²) in [5.74, 6) is 0.322. The molecule has 1 rings (SSSR count). The summed E-state index contributed by atoms with van der Waals surface area (Å²) < 4.78 is 0. The van der Waals surface area contributed by atoms with Crippen LogP contribution in [0.15, 0.2) is 12.1 Å². The first-order valence-electron chi connectivity index (χ1n) is 5.34. The number of carbonyl (C=O) groups is 2. The van der Waals surface area contributed by atoms with Crippen LogP contribution in [0.25, 0.3) is 0 Å². The van der Waals surface area contributed by atoms with E-state index in [1.807, 2.05) is 6.07 Å². The summed E-state index contributed by atoms with van der Waals surface area (Å²) in [6.07, 6.45) is 4.91. The van der Waals surface area contributed by atoms with E-state index in [4.69, 9.17) is 16.8 Å². The zero-order valence-electron chi connectivity index (χ0n) is 10.2. The molecule has 0 bridgehead atoms. The Morgan fingerprint density at radius 1 is 1.58 bits per heavy atom. The van der Waals surface area contributed by atoms with Crippen LogP contribution in [-0.4, -0.2) is 28.0 Å². The fourth-order valence-corrected chi connectivity index (χ4v) is 1.36. The number of nitriles is 1. The summed E-state index contributed by atoms with van der Waals surface area (Å²) >= 11 is 0. The molecule has 0 aliphatic rings. The first kappa shape index (κ1) is 14.2. The number of aromatic nitrogens is 1. The second-order valence-electron chi connectivity index (χ2n) is 3.71. The quantitative estimate of drug-likeness (QED) is 0.763. The Bertz CT molecular complexity index is 596. The number of pyridine rings is 1. The second kappa shape index (κ2) is 6.18. The first-order chi connectivity index (χ1) is 8.99.